The molecular weight excluding hydrogens is 396 g/mol. The van der Waals surface area contributed by atoms with Gasteiger partial charge in [0.05, 0.1) is 6.42 Å². The van der Waals surface area contributed by atoms with Crippen molar-refractivity contribution in [1.82, 2.24) is 16.0 Å². The summed E-state index contributed by atoms with van der Waals surface area (Å²) >= 11 is 0. The second kappa shape index (κ2) is 10.4. The Hall–Kier alpha value is -3.68. The summed E-state index contributed by atoms with van der Waals surface area (Å²) in [4.78, 5) is 49.0. The molecule has 2 aromatic rings. The van der Waals surface area contributed by atoms with Crippen LogP contribution in [0.3, 0.4) is 0 Å². The van der Waals surface area contributed by atoms with Crippen LogP contribution in [0.5, 0.6) is 0 Å². The molecule has 31 heavy (non-hydrogen) atoms. The first-order valence-corrected chi connectivity index (χ1v) is 10.2. The molecule has 1 aliphatic heterocycles. The standard InChI is InChI=1S/C23H26N4O4/c24-21(29)17(12-11-15-7-3-1-4-8-15)25-20(28)14-19-23(31)26-18(22(30)27-19)13-16-9-5-2-6-10-16/h1-10,17-19H,11-14H2,(H2,24,29)(H,25,28)(H,26,31)(H,27,30)/t17-,18+,19+/m1/s1. The van der Waals surface area contributed by atoms with Crippen LogP contribution in [0.1, 0.15) is 24.0 Å². The number of primary amides is 1. The summed E-state index contributed by atoms with van der Waals surface area (Å²) < 4.78 is 0. The molecule has 0 aliphatic carbocycles. The lowest BCUT2D eigenvalue weighted by Gasteiger charge is -2.29. The molecular formula is C23H26N4O4. The summed E-state index contributed by atoms with van der Waals surface area (Å²) in [6, 6.07) is 16.3. The Morgan fingerprint density at radius 3 is 2.03 bits per heavy atom. The Kier molecular flexibility index (Phi) is 7.37. The van der Waals surface area contributed by atoms with E-state index < -0.39 is 35.8 Å². The number of amides is 4. The second-order valence-electron chi connectivity index (χ2n) is 7.56. The topological polar surface area (TPSA) is 130 Å². The zero-order chi connectivity index (χ0) is 22.2. The SMILES string of the molecule is NC(=O)[C@@H](CCc1ccccc1)NC(=O)C[C@@H]1NC(=O)[C@H](Cc2ccccc2)NC1=O. The van der Waals surface area contributed by atoms with E-state index in [1.165, 1.54) is 0 Å². The van der Waals surface area contributed by atoms with Crippen LogP contribution in [-0.4, -0.2) is 41.8 Å². The molecule has 0 unspecified atom stereocenters. The monoisotopic (exact) mass is 422 g/mol. The number of hydrogen-bond acceptors (Lipinski definition) is 4. The number of rotatable bonds is 9. The van der Waals surface area contributed by atoms with Gasteiger partial charge in [-0.15, -0.1) is 0 Å². The molecule has 2 aromatic carbocycles. The van der Waals surface area contributed by atoms with Crippen LogP contribution < -0.4 is 21.7 Å². The molecule has 0 saturated carbocycles. The third-order valence-corrected chi connectivity index (χ3v) is 5.18. The van der Waals surface area contributed by atoms with Crippen LogP contribution in [0.4, 0.5) is 0 Å². The minimum atomic E-state index is -0.998. The Balaban J connectivity index is 1.51. The Labute approximate surface area is 180 Å². The van der Waals surface area contributed by atoms with Crippen molar-refractivity contribution in [1.29, 1.82) is 0 Å². The lowest BCUT2D eigenvalue weighted by molar-refractivity contribution is -0.138. The van der Waals surface area contributed by atoms with Crippen LogP contribution >= 0.6 is 0 Å². The first-order chi connectivity index (χ1) is 14.9. The minimum absolute atomic E-state index is 0.273. The van der Waals surface area contributed by atoms with E-state index in [1.807, 2.05) is 60.7 Å². The number of nitrogens with two attached hydrogens (primary N) is 1. The Bertz CT molecular complexity index is 933. The van der Waals surface area contributed by atoms with Gasteiger partial charge in [0.25, 0.3) is 0 Å². The third kappa shape index (κ3) is 6.40. The lowest BCUT2D eigenvalue weighted by atomic mass is 10.0. The molecule has 0 radical (unpaired) electrons. The summed E-state index contributed by atoms with van der Waals surface area (Å²) in [5.74, 6) is -1.96. The van der Waals surface area contributed by atoms with Crippen molar-refractivity contribution in [2.24, 2.45) is 5.73 Å². The van der Waals surface area contributed by atoms with E-state index in [4.69, 9.17) is 5.73 Å². The summed E-state index contributed by atoms with van der Waals surface area (Å²) in [6.45, 7) is 0. The smallest absolute Gasteiger partial charge is 0.243 e. The normalized spacial score (nSPS) is 19.1. The number of benzene rings is 2. The number of aryl methyl sites for hydroxylation is 1. The fourth-order valence-corrected chi connectivity index (χ4v) is 3.49. The Morgan fingerprint density at radius 1 is 0.871 bits per heavy atom. The quantitative estimate of drug-likeness (QED) is 0.460. The number of carbonyl (C=O) groups is 4. The third-order valence-electron chi connectivity index (χ3n) is 5.18. The molecule has 3 atom stereocenters. The molecule has 1 fully saturated rings. The van der Waals surface area contributed by atoms with Crippen molar-refractivity contribution in [3.05, 3.63) is 71.8 Å². The Morgan fingerprint density at radius 2 is 1.42 bits per heavy atom. The lowest BCUT2D eigenvalue weighted by Crippen LogP contribution is -2.63. The molecule has 8 heteroatoms. The van der Waals surface area contributed by atoms with Gasteiger partial charge in [0.2, 0.25) is 23.6 Å². The summed E-state index contributed by atoms with van der Waals surface area (Å²) in [5.41, 5.74) is 7.36. The summed E-state index contributed by atoms with van der Waals surface area (Å²) in [6.07, 6.45) is 0.995. The van der Waals surface area contributed by atoms with Gasteiger partial charge in [-0.3, -0.25) is 19.2 Å². The predicted molar refractivity (Wildman–Crippen MR) is 115 cm³/mol. The van der Waals surface area contributed by atoms with Crippen LogP contribution in [-0.2, 0) is 32.0 Å². The van der Waals surface area contributed by atoms with E-state index in [0.717, 1.165) is 11.1 Å². The maximum atomic E-state index is 12.4. The average molecular weight is 422 g/mol. The van der Waals surface area contributed by atoms with E-state index in [-0.39, 0.29) is 12.3 Å². The van der Waals surface area contributed by atoms with Crippen molar-refractivity contribution in [3.63, 3.8) is 0 Å². The molecule has 5 N–H and O–H groups in total. The fourth-order valence-electron chi connectivity index (χ4n) is 3.49. The fraction of sp³-hybridized carbons (Fsp3) is 0.304. The van der Waals surface area contributed by atoms with Gasteiger partial charge in [-0.05, 0) is 24.0 Å². The van der Waals surface area contributed by atoms with Crippen molar-refractivity contribution < 1.29 is 19.2 Å². The number of nitrogens with one attached hydrogen (secondary N) is 3. The van der Waals surface area contributed by atoms with E-state index in [2.05, 4.69) is 16.0 Å². The zero-order valence-electron chi connectivity index (χ0n) is 17.0. The van der Waals surface area contributed by atoms with E-state index in [0.29, 0.717) is 19.3 Å². The first-order valence-electron chi connectivity index (χ1n) is 10.2. The highest BCUT2D eigenvalue weighted by atomic mass is 16.2. The van der Waals surface area contributed by atoms with Gasteiger partial charge in [-0.1, -0.05) is 60.7 Å². The predicted octanol–water partition coefficient (Wildman–Crippen LogP) is 0.205. The largest absolute Gasteiger partial charge is 0.368 e. The van der Waals surface area contributed by atoms with Crippen molar-refractivity contribution in [2.75, 3.05) is 0 Å². The number of hydrogen-bond donors (Lipinski definition) is 4. The molecule has 1 heterocycles. The van der Waals surface area contributed by atoms with E-state index in [1.54, 1.807) is 0 Å². The number of piperazine rings is 1. The van der Waals surface area contributed by atoms with Crippen molar-refractivity contribution in [2.45, 2.75) is 43.8 Å². The highest BCUT2D eigenvalue weighted by Crippen LogP contribution is 2.09. The molecule has 1 aliphatic rings. The van der Waals surface area contributed by atoms with Crippen LogP contribution in [0.2, 0.25) is 0 Å². The second-order valence-corrected chi connectivity index (χ2v) is 7.56. The molecule has 0 spiro atoms. The van der Waals surface area contributed by atoms with Gasteiger partial charge in [-0.25, -0.2) is 0 Å². The van der Waals surface area contributed by atoms with Gasteiger partial charge < -0.3 is 21.7 Å². The van der Waals surface area contributed by atoms with Crippen molar-refractivity contribution in [3.8, 4) is 0 Å². The maximum Gasteiger partial charge on any atom is 0.243 e. The molecule has 3 rings (SSSR count). The van der Waals surface area contributed by atoms with Crippen LogP contribution in [0.15, 0.2) is 60.7 Å². The van der Waals surface area contributed by atoms with Crippen LogP contribution in [0.25, 0.3) is 0 Å². The molecule has 0 bridgehead atoms. The highest BCUT2D eigenvalue weighted by Gasteiger charge is 2.35. The molecule has 8 nitrogen and oxygen atoms in total. The van der Waals surface area contributed by atoms with Crippen molar-refractivity contribution >= 4 is 23.6 Å². The highest BCUT2D eigenvalue weighted by molar-refractivity contribution is 5.99. The van der Waals surface area contributed by atoms with Gasteiger partial charge >= 0.3 is 0 Å². The van der Waals surface area contributed by atoms with E-state index >= 15 is 0 Å². The maximum absolute atomic E-state index is 12.4. The summed E-state index contributed by atoms with van der Waals surface area (Å²) in [7, 11) is 0. The van der Waals surface area contributed by atoms with Gasteiger partial charge in [0.15, 0.2) is 0 Å². The zero-order valence-corrected chi connectivity index (χ0v) is 17.0. The van der Waals surface area contributed by atoms with Gasteiger partial charge in [-0.2, -0.15) is 0 Å². The minimum Gasteiger partial charge on any atom is -0.368 e. The molecule has 162 valence electrons. The van der Waals surface area contributed by atoms with Gasteiger partial charge in [0.1, 0.15) is 18.1 Å². The summed E-state index contributed by atoms with van der Waals surface area (Å²) in [5, 5.41) is 7.85. The molecule has 4 amide bonds. The van der Waals surface area contributed by atoms with E-state index in [9.17, 15) is 19.2 Å². The number of carbonyl (C=O) groups excluding carboxylic acids is 4. The van der Waals surface area contributed by atoms with Gasteiger partial charge in [0, 0.05) is 6.42 Å². The molecule has 1 saturated heterocycles. The van der Waals surface area contributed by atoms with Crippen LogP contribution in [0, 0.1) is 0 Å². The first kappa shape index (κ1) is 22.0. The average Bonchev–Trinajstić information content (AvgIpc) is 2.76. The molecule has 0 aromatic heterocycles.